The Morgan fingerprint density at radius 1 is 1.06 bits per heavy atom. The van der Waals surface area contributed by atoms with Crippen LogP contribution in [0.15, 0.2) is 48.5 Å². The topological polar surface area (TPSA) is 47.6 Å². The van der Waals surface area contributed by atoms with Crippen molar-refractivity contribution in [1.82, 2.24) is 5.32 Å². The molecule has 0 aromatic heterocycles. The van der Waals surface area contributed by atoms with Gasteiger partial charge in [-0.15, -0.1) is 0 Å². The Morgan fingerprint density at radius 3 is 2.45 bits per heavy atom. The lowest BCUT2D eigenvalue weighted by molar-refractivity contribution is -0.138. The van der Waals surface area contributed by atoms with Gasteiger partial charge in [-0.1, -0.05) is 18.2 Å². The van der Waals surface area contributed by atoms with E-state index in [0.29, 0.717) is 63.4 Å². The molecule has 0 atom stereocenters. The molecule has 8 heteroatoms. The van der Waals surface area contributed by atoms with Gasteiger partial charge in [-0.05, 0) is 61.6 Å². The van der Waals surface area contributed by atoms with E-state index < -0.39 is 17.2 Å². The zero-order valence-corrected chi connectivity index (χ0v) is 17.0. The van der Waals surface area contributed by atoms with Crippen molar-refractivity contribution < 1.29 is 31.8 Å². The van der Waals surface area contributed by atoms with Crippen LogP contribution in [0.25, 0.3) is 0 Å². The molecule has 1 fully saturated rings. The van der Waals surface area contributed by atoms with Crippen LogP contribution in [-0.2, 0) is 21.1 Å². The van der Waals surface area contributed by atoms with Gasteiger partial charge in [0.1, 0.15) is 11.6 Å². The van der Waals surface area contributed by atoms with Crippen LogP contribution in [0.3, 0.4) is 0 Å². The predicted molar refractivity (Wildman–Crippen MR) is 107 cm³/mol. The molecule has 0 aliphatic carbocycles. The van der Waals surface area contributed by atoms with Gasteiger partial charge >= 0.3 is 6.18 Å². The maximum atomic E-state index is 13.2. The summed E-state index contributed by atoms with van der Waals surface area (Å²) in [5.41, 5.74) is -1.44. The number of unbranched alkanes of at least 4 members (excludes halogenated alkanes) is 1. The number of alkyl halides is 3. The lowest BCUT2D eigenvalue weighted by atomic mass is 9.73. The third-order valence-corrected chi connectivity index (χ3v) is 5.46. The molecular formula is C23H25F4NO3. The highest BCUT2D eigenvalue weighted by molar-refractivity contribution is 5.88. The van der Waals surface area contributed by atoms with E-state index in [1.165, 1.54) is 18.2 Å². The Kier molecular flexibility index (Phi) is 7.54. The first-order valence-corrected chi connectivity index (χ1v) is 10.2. The maximum Gasteiger partial charge on any atom is 0.416 e. The third kappa shape index (κ3) is 5.97. The number of carbonyl (C=O) groups is 1. The van der Waals surface area contributed by atoms with Crippen molar-refractivity contribution in [2.75, 3.05) is 26.4 Å². The van der Waals surface area contributed by atoms with Gasteiger partial charge in [0, 0.05) is 19.8 Å². The minimum absolute atomic E-state index is 0.283. The van der Waals surface area contributed by atoms with Crippen molar-refractivity contribution in [1.29, 1.82) is 0 Å². The summed E-state index contributed by atoms with van der Waals surface area (Å²) in [6.45, 7) is 1.42. The SMILES string of the molecule is O=C(NCCCCOc1ccc(F)cc1)C1(c2cccc(C(F)(F)F)c2)CCOCC1. The van der Waals surface area contributed by atoms with Crippen molar-refractivity contribution in [2.24, 2.45) is 0 Å². The number of nitrogens with one attached hydrogen (secondary N) is 1. The highest BCUT2D eigenvalue weighted by Crippen LogP contribution is 2.38. The number of ether oxygens (including phenoxy) is 2. The molecule has 1 N–H and O–H groups in total. The lowest BCUT2D eigenvalue weighted by Gasteiger charge is -2.36. The average molecular weight is 439 g/mol. The molecule has 0 spiro atoms. The van der Waals surface area contributed by atoms with Crippen molar-refractivity contribution in [3.05, 3.63) is 65.5 Å². The number of halogens is 4. The number of hydrogen-bond acceptors (Lipinski definition) is 3. The van der Waals surface area contributed by atoms with Crippen LogP contribution >= 0.6 is 0 Å². The van der Waals surface area contributed by atoms with Crippen molar-refractivity contribution in [2.45, 2.75) is 37.3 Å². The molecule has 1 saturated heterocycles. The molecule has 1 heterocycles. The van der Waals surface area contributed by atoms with Crippen LogP contribution in [0, 0.1) is 5.82 Å². The summed E-state index contributed by atoms with van der Waals surface area (Å²) >= 11 is 0. The summed E-state index contributed by atoms with van der Waals surface area (Å²) < 4.78 is 63.3. The second kappa shape index (κ2) is 10.1. The smallest absolute Gasteiger partial charge is 0.416 e. The molecular weight excluding hydrogens is 414 g/mol. The summed E-state index contributed by atoms with van der Waals surface area (Å²) in [7, 11) is 0. The molecule has 3 rings (SSSR count). The second-order valence-corrected chi connectivity index (χ2v) is 7.54. The van der Waals surface area contributed by atoms with Crippen LogP contribution < -0.4 is 10.1 Å². The molecule has 2 aromatic carbocycles. The van der Waals surface area contributed by atoms with Crippen molar-refractivity contribution >= 4 is 5.91 Å². The standard InChI is InChI=1S/C23H25F4NO3/c24-19-6-8-20(9-7-19)31-13-2-1-12-28-21(29)22(10-14-30-15-11-22)17-4-3-5-18(16-17)23(25,26)27/h3-9,16H,1-2,10-15H2,(H,28,29). The summed E-state index contributed by atoms with van der Waals surface area (Å²) in [5, 5.41) is 2.88. The zero-order chi connectivity index (χ0) is 22.3. The number of amides is 1. The molecule has 0 radical (unpaired) electrons. The van der Waals surface area contributed by atoms with E-state index in [0.717, 1.165) is 12.1 Å². The average Bonchev–Trinajstić information content (AvgIpc) is 2.77. The summed E-state index contributed by atoms with van der Waals surface area (Å²) in [6.07, 6.45) is -2.51. The first-order valence-electron chi connectivity index (χ1n) is 10.2. The van der Waals surface area contributed by atoms with E-state index in [1.54, 1.807) is 18.2 Å². The van der Waals surface area contributed by atoms with Crippen LogP contribution in [0.5, 0.6) is 5.75 Å². The number of benzene rings is 2. The van der Waals surface area contributed by atoms with E-state index in [1.807, 2.05) is 0 Å². The highest BCUT2D eigenvalue weighted by atomic mass is 19.4. The molecule has 1 amide bonds. The molecule has 0 unspecified atom stereocenters. The number of hydrogen-bond donors (Lipinski definition) is 1. The van der Waals surface area contributed by atoms with E-state index in [4.69, 9.17) is 9.47 Å². The first-order chi connectivity index (χ1) is 14.8. The lowest BCUT2D eigenvalue weighted by Crippen LogP contribution is -2.48. The second-order valence-electron chi connectivity index (χ2n) is 7.54. The monoisotopic (exact) mass is 439 g/mol. The minimum Gasteiger partial charge on any atom is -0.494 e. The van der Waals surface area contributed by atoms with Gasteiger partial charge in [-0.3, -0.25) is 4.79 Å². The third-order valence-electron chi connectivity index (χ3n) is 5.46. The number of carbonyl (C=O) groups excluding carboxylic acids is 1. The molecule has 168 valence electrons. The summed E-state index contributed by atoms with van der Waals surface area (Å²) in [5.74, 6) is -0.0522. The van der Waals surface area contributed by atoms with Gasteiger partial charge in [0.15, 0.2) is 0 Å². The van der Waals surface area contributed by atoms with E-state index in [-0.39, 0.29) is 11.7 Å². The number of rotatable bonds is 8. The van der Waals surface area contributed by atoms with Crippen LogP contribution in [-0.4, -0.2) is 32.3 Å². The highest BCUT2D eigenvalue weighted by Gasteiger charge is 2.42. The van der Waals surface area contributed by atoms with Crippen molar-refractivity contribution in [3.63, 3.8) is 0 Å². The normalized spacial score (nSPS) is 16.0. The fourth-order valence-electron chi connectivity index (χ4n) is 3.68. The largest absolute Gasteiger partial charge is 0.494 e. The fourth-order valence-corrected chi connectivity index (χ4v) is 3.68. The van der Waals surface area contributed by atoms with E-state index in [2.05, 4.69) is 5.32 Å². The molecule has 31 heavy (non-hydrogen) atoms. The quantitative estimate of drug-likeness (QED) is 0.472. The first kappa shape index (κ1) is 23.1. The molecule has 0 bridgehead atoms. The van der Waals surface area contributed by atoms with E-state index in [9.17, 15) is 22.4 Å². The maximum absolute atomic E-state index is 13.2. The Bertz CT molecular complexity index is 862. The van der Waals surface area contributed by atoms with Crippen LogP contribution in [0.1, 0.15) is 36.8 Å². The Morgan fingerprint density at radius 2 is 1.77 bits per heavy atom. The molecule has 0 saturated carbocycles. The minimum atomic E-state index is -4.47. The van der Waals surface area contributed by atoms with Gasteiger partial charge in [-0.2, -0.15) is 13.2 Å². The molecule has 2 aromatic rings. The van der Waals surface area contributed by atoms with Gasteiger partial charge in [0.25, 0.3) is 0 Å². The molecule has 1 aliphatic heterocycles. The fraction of sp³-hybridized carbons (Fsp3) is 0.435. The van der Waals surface area contributed by atoms with E-state index >= 15 is 0 Å². The van der Waals surface area contributed by atoms with Crippen molar-refractivity contribution in [3.8, 4) is 5.75 Å². The Hall–Kier alpha value is -2.61. The molecule has 1 aliphatic rings. The van der Waals surface area contributed by atoms with Gasteiger partial charge in [0.2, 0.25) is 5.91 Å². The van der Waals surface area contributed by atoms with Gasteiger partial charge < -0.3 is 14.8 Å². The van der Waals surface area contributed by atoms with Gasteiger partial charge in [0.05, 0.1) is 17.6 Å². The Balaban J connectivity index is 1.56. The summed E-state index contributed by atoms with van der Waals surface area (Å²) in [6, 6.07) is 10.7. The molecule has 4 nitrogen and oxygen atoms in total. The van der Waals surface area contributed by atoms with Crippen LogP contribution in [0.4, 0.5) is 17.6 Å². The zero-order valence-electron chi connectivity index (χ0n) is 17.0. The van der Waals surface area contributed by atoms with Crippen LogP contribution in [0.2, 0.25) is 0 Å². The van der Waals surface area contributed by atoms with Gasteiger partial charge in [-0.25, -0.2) is 4.39 Å². The predicted octanol–water partition coefficient (Wildman–Crippen LogP) is 4.87. The summed E-state index contributed by atoms with van der Waals surface area (Å²) in [4.78, 5) is 13.1. The Labute approximate surface area is 178 Å².